The maximum absolute atomic E-state index is 5.40. The van der Waals surface area contributed by atoms with Gasteiger partial charge in [0.25, 0.3) is 0 Å². The first kappa shape index (κ1) is 9.06. The summed E-state index contributed by atoms with van der Waals surface area (Å²) >= 11 is 4.41. The molecule has 13 heavy (non-hydrogen) atoms. The van der Waals surface area contributed by atoms with Crippen molar-refractivity contribution in [3.05, 3.63) is 29.8 Å². The monoisotopic (exact) mass is 195 g/mol. The van der Waals surface area contributed by atoms with Gasteiger partial charge in [-0.15, -0.1) is 12.6 Å². The van der Waals surface area contributed by atoms with Gasteiger partial charge in [0.1, 0.15) is 0 Å². The lowest BCUT2D eigenvalue weighted by Crippen LogP contribution is -2.34. The molecule has 0 aromatic heterocycles. The van der Waals surface area contributed by atoms with E-state index in [0.29, 0.717) is 6.04 Å². The molecular weight excluding hydrogens is 182 g/mol. The molecule has 1 saturated heterocycles. The van der Waals surface area contributed by atoms with Gasteiger partial charge in [-0.1, -0.05) is 18.2 Å². The molecule has 2 nitrogen and oxygen atoms in total. The Bertz CT molecular complexity index is 284. The number of ether oxygens (including phenoxy) is 1. The standard InChI is InChI=1S/C10H13NOS/c13-10-4-2-1-3-8(10)9-7-12-6-5-11-9/h1-4,9,11,13H,5-7H2/t9-/m1/s1. The van der Waals surface area contributed by atoms with E-state index < -0.39 is 0 Å². The molecule has 0 bridgehead atoms. The molecule has 1 heterocycles. The van der Waals surface area contributed by atoms with E-state index in [4.69, 9.17) is 4.74 Å². The van der Waals surface area contributed by atoms with E-state index in [-0.39, 0.29) is 0 Å². The third kappa shape index (κ3) is 2.05. The predicted octanol–water partition coefficient (Wildman–Crippen LogP) is 1.64. The van der Waals surface area contributed by atoms with Crippen LogP contribution in [0.2, 0.25) is 0 Å². The maximum atomic E-state index is 5.40. The molecule has 0 unspecified atom stereocenters. The Kier molecular flexibility index (Phi) is 2.88. The number of morpholine rings is 1. The summed E-state index contributed by atoms with van der Waals surface area (Å²) in [5, 5.41) is 3.40. The van der Waals surface area contributed by atoms with E-state index in [0.717, 1.165) is 24.7 Å². The highest BCUT2D eigenvalue weighted by Crippen LogP contribution is 2.22. The second-order valence-electron chi connectivity index (χ2n) is 3.14. The van der Waals surface area contributed by atoms with Gasteiger partial charge >= 0.3 is 0 Å². The average Bonchev–Trinajstić information content (AvgIpc) is 2.20. The minimum absolute atomic E-state index is 0.308. The fourth-order valence-electron chi connectivity index (χ4n) is 1.55. The summed E-state index contributed by atoms with van der Waals surface area (Å²) < 4.78 is 5.40. The van der Waals surface area contributed by atoms with Gasteiger partial charge in [-0.25, -0.2) is 0 Å². The van der Waals surface area contributed by atoms with Crippen molar-refractivity contribution in [3.8, 4) is 0 Å². The van der Waals surface area contributed by atoms with Gasteiger partial charge in [0.05, 0.1) is 19.3 Å². The Morgan fingerprint density at radius 1 is 1.38 bits per heavy atom. The highest BCUT2D eigenvalue weighted by molar-refractivity contribution is 7.80. The maximum Gasteiger partial charge on any atom is 0.0662 e. The second kappa shape index (κ2) is 4.13. The van der Waals surface area contributed by atoms with Crippen LogP contribution in [0.25, 0.3) is 0 Å². The number of rotatable bonds is 1. The summed E-state index contributed by atoms with van der Waals surface area (Å²) in [6, 6.07) is 8.44. The molecule has 1 aliphatic rings. The fraction of sp³-hybridized carbons (Fsp3) is 0.400. The molecule has 1 atom stereocenters. The van der Waals surface area contributed by atoms with Crippen LogP contribution in [0.1, 0.15) is 11.6 Å². The van der Waals surface area contributed by atoms with Crippen molar-refractivity contribution in [3.63, 3.8) is 0 Å². The minimum atomic E-state index is 0.308. The largest absolute Gasteiger partial charge is 0.378 e. The summed E-state index contributed by atoms with van der Waals surface area (Å²) in [7, 11) is 0. The number of nitrogens with one attached hydrogen (secondary N) is 1. The molecular formula is C10H13NOS. The lowest BCUT2D eigenvalue weighted by Gasteiger charge is -2.25. The molecule has 1 N–H and O–H groups in total. The Labute approximate surface area is 83.7 Å². The van der Waals surface area contributed by atoms with E-state index in [1.807, 2.05) is 18.2 Å². The Balaban J connectivity index is 2.18. The normalized spacial score (nSPS) is 23.0. The van der Waals surface area contributed by atoms with E-state index >= 15 is 0 Å². The summed E-state index contributed by atoms with van der Waals surface area (Å²) in [6.07, 6.45) is 0. The molecule has 0 radical (unpaired) electrons. The van der Waals surface area contributed by atoms with Crippen LogP contribution in [0.3, 0.4) is 0 Å². The predicted molar refractivity (Wildman–Crippen MR) is 55.3 cm³/mol. The first-order valence-electron chi connectivity index (χ1n) is 4.47. The quantitative estimate of drug-likeness (QED) is 0.665. The Morgan fingerprint density at radius 3 is 2.92 bits per heavy atom. The van der Waals surface area contributed by atoms with Gasteiger partial charge in [-0.05, 0) is 11.6 Å². The molecule has 1 aromatic carbocycles. The molecule has 0 amide bonds. The van der Waals surface area contributed by atoms with E-state index in [2.05, 4.69) is 24.0 Å². The topological polar surface area (TPSA) is 21.3 Å². The van der Waals surface area contributed by atoms with Crippen molar-refractivity contribution in [2.45, 2.75) is 10.9 Å². The van der Waals surface area contributed by atoms with Crippen LogP contribution >= 0.6 is 12.6 Å². The molecule has 1 aliphatic heterocycles. The van der Waals surface area contributed by atoms with Crippen LogP contribution in [0, 0.1) is 0 Å². The summed E-state index contributed by atoms with van der Waals surface area (Å²) in [6.45, 7) is 2.48. The zero-order chi connectivity index (χ0) is 9.10. The highest BCUT2D eigenvalue weighted by atomic mass is 32.1. The average molecular weight is 195 g/mol. The molecule has 1 aromatic rings. The molecule has 0 spiro atoms. The van der Waals surface area contributed by atoms with Crippen molar-refractivity contribution in [1.29, 1.82) is 0 Å². The first-order valence-corrected chi connectivity index (χ1v) is 4.91. The molecule has 0 aliphatic carbocycles. The number of thiol groups is 1. The van der Waals surface area contributed by atoms with Crippen LogP contribution < -0.4 is 5.32 Å². The van der Waals surface area contributed by atoms with Crippen molar-refractivity contribution < 1.29 is 4.74 Å². The van der Waals surface area contributed by atoms with Crippen molar-refractivity contribution in [1.82, 2.24) is 5.32 Å². The van der Waals surface area contributed by atoms with Gasteiger partial charge in [-0.2, -0.15) is 0 Å². The number of hydrogen-bond donors (Lipinski definition) is 2. The zero-order valence-corrected chi connectivity index (χ0v) is 8.26. The number of benzene rings is 1. The lowest BCUT2D eigenvalue weighted by atomic mass is 10.1. The Morgan fingerprint density at radius 2 is 2.23 bits per heavy atom. The molecule has 1 fully saturated rings. The van der Waals surface area contributed by atoms with Crippen LogP contribution in [-0.4, -0.2) is 19.8 Å². The van der Waals surface area contributed by atoms with E-state index in [1.54, 1.807) is 0 Å². The molecule has 70 valence electrons. The molecule has 3 heteroatoms. The molecule has 0 saturated carbocycles. The summed E-state index contributed by atoms with van der Waals surface area (Å²) in [5.74, 6) is 0. The van der Waals surface area contributed by atoms with E-state index in [1.165, 1.54) is 5.56 Å². The van der Waals surface area contributed by atoms with Gasteiger partial charge in [0, 0.05) is 11.4 Å². The fourth-order valence-corrected chi connectivity index (χ4v) is 1.86. The summed E-state index contributed by atoms with van der Waals surface area (Å²) in [4.78, 5) is 1.03. The SMILES string of the molecule is Sc1ccccc1[C@H]1COCCN1. The zero-order valence-electron chi connectivity index (χ0n) is 7.36. The highest BCUT2D eigenvalue weighted by Gasteiger charge is 2.16. The summed E-state index contributed by atoms with van der Waals surface area (Å²) in [5.41, 5.74) is 1.23. The minimum Gasteiger partial charge on any atom is -0.378 e. The van der Waals surface area contributed by atoms with Gasteiger partial charge < -0.3 is 10.1 Å². The van der Waals surface area contributed by atoms with Crippen molar-refractivity contribution >= 4 is 12.6 Å². The number of hydrogen-bond acceptors (Lipinski definition) is 3. The third-order valence-corrected chi connectivity index (χ3v) is 2.64. The van der Waals surface area contributed by atoms with Crippen LogP contribution in [0.15, 0.2) is 29.2 Å². The first-order chi connectivity index (χ1) is 6.38. The smallest absolute Gasteiger partial charge is 0.0662 e. The van der Waals surface area contributed by atoms with Gasteiger partial charge in [-0.3, -0.25) is 0 Å². The van der Waals surface area contributed by atoms with Crippen LogP contribution in [0.5, 0.6) is 0 Å². The van der Waals surface area contributed by atoms with Gasteiger partial charge in [0.15, 0.2) is 0 Å². The van der Waals surface area contributed by atoms with Crippen molar-refractivity contribution in [2.24, 2.45) is 0 Å². The Hall–Kier alpha value is -0.510. The van der Waals surface area contributed by atoms with Crippen LogP contribution in [-0.2, 0) is 4.74 Å². The van der Waals surface area contributed by atoms with Crippen LogP contribution in [0.4, 0.5) is 0 Å². The van der Waals surface area contributed by atoms with E-state index in [9.17, 15) is 0 Å². The third-order valence-electron chi connectivity index (χ3n) is 2.23. The lowest BCUT2D eigenvalue weighted by molar-refractivity contribution is 0.0761. The molecule has 2 rings (SSSR count). The van der Waals surface area contributed by atoms with Crippen molar-refractivity contribution in [2.75, 3.05) is 19.8 Å². The van der Waals surface area contributed by atoms with Gasteiger partial charge in [0.2, 0.25) is 0 Å². The second-order valence-corrected chi connectivity index (χ2v) is 3.62.